The lowest BCUT2D eigenvalue weighted by Crippen LogP contribution is -2.28. The molecule has 1 fully saturated rings. The largest absolute Gasteiger partial charge is 0.493 e. The summed E-state index contributed by atoms with van der Waals surface area (Å²) in [5, 5.41) is 5.44. The zero-order chi connectivity index (χ0) is 23.8. The van der Waals surface area contributed by atoms with Crippen molar-refractivity contribution in [3.8, 4) is 11.5 Å². The van der Waals surface area contributed by atoms with Crippen LogP contribution in [0.4, 0.5) is 4.79 Å². The third-order valence-electron chi connectivity index (χ3n) is 5.37. The molecule has 7 nitrogen and oxygen atoms in total. The molecule has 34 heavy (non-hydrogen) atoms. The Morgan fingerprint density at radius 1 is 1.09 bits per heavy atom. The van der Waals surface area contributed by atoms with Crippen molar-refractivity contribution in [2.45, 2.75) is 38.3 Å². The zero-order valence-corrected chi connectivity index (χ0v) is 19.7. The molecule has 2 aromatic carbocycles. The number of alkyl carbamates (subject to hydrolysis) is 1. The van der Waals surface area contributed by atoms with E-state index in [2.05, 4.69) is 27.2 Å². The number of methoxy groups -OCH3 is 1. The molecule has 1 aliphatic heterocycles. The number of nitrogens with zero attached hydrogens (tertiary/aromatic N) is 1. The molecule has 0 saturated carbocycles. The molecule has 1 aromatic heterocycles. The number of hydrogen-bond acceptors (Lipinski definition) is 7. The van der Waals surface area contributed by atoms with Crippen LogP contribution in [0.3, 0.4) is 0 Å². The summed E-state index contributed by atoms with van der Waals surface area (Å²) in [6.07, 6.45) is 6.46. The summed E-state index contributed by atoms with van der Waals surface area (Å²) in [5.41, 5.74) is 3.11. The molecule has 176 valence electrons. The fourth-order valence-electron chi connectivity index (χ4n) is 3.60. The average molecular weight is 479 g/mol. The van der Waals surface area contributed by atoms with Crippen LogP contribution in [0.1, 0.15) is 41.1 Å². The topological polar surface area (TPSA) is 86.8 Å². The van der Waals surface area contributed by atoms with Crippen LogP contribution in [-0.4, -0.2) is 30.2 Å². The molecular formula is C26H26N2O5S. The summed E-state index contributed by atoms with van der Waals surface area (Å²) in [4.78, 5) is 27.2. The summed E-state index contributed by atoms with van der Waals surface area (Å²) in [6.45, 7) is 0.356. The van der Waals surface area contributed by atoms with Gasteiger partial charge in [-0.1, -0.05) is 48.9 Å². The van der Waals surface area contributed by atoms with Gasteiger partial charge in [-0.25, -0.2) is 14.6 Å². The summed E-state index contributed by atoms with van der Waals surface area (Å²) in [5.74, 6) is 0.841. The van der Waals surface area contributed by atoms with Gasteiger partial charge in [-0.3, -0.25) is 0 Å². The summed E-state index contributed by atoms with van der Waals surface area (Å²) in [6, 6.07) is 15.5. The second-order valence-corrected chi connectivity index (χ2v) is 8.74. The van der Waals surface area contributed by atoms with E-state index >= 15 is 0 Å². The highest BCUT2D eigenvalue weighted by Gasteiger charge is 2.31. The van der Waals surface area contributed by atoms with Crippen molar-refractivity contribution in [3.63, 3.8) is 0 Å². The molecule has 1 aliphatic rings. The highest BCUT2D eigenvalue weighted by molar-refractivity contribution is 7.10. The molecule has 8 heteroatoms. The monoisotopic (exact) mass is 478 g/mol. The van der Waals surface area contributed by atoms with Crippen LogP contribution in [0.15, 0.2) is 53.9 Å². The van der Waals surface area contributed by atoms with Gasteiger partial charge in [0.1, 0.15) is 17.7 Å². The quantitative estimate of drug-likeness (QED) is 0.230. The first-order valence-corrected chi connectivity index (χ1v) is 12.0. The molecule has 1 N–H and O–H groups in total. The second kappa shape index (κ2) is 11.5. The minimum atomic E-state index is -0.659. The van der Waals surface area contributed by atoms with Crippen molar-refractivity contribution in [3.05, 3.63) is 75.7 Å². The molecule has 2 heterocycles. The predicted molar refractivity (Wildman–Crippen MR) is 131 cm³/mol. The third kappa shape index (κ3) is 6.45. The molecule has 0 aliphatic carbocycles. The number of esters is 1. The Labute approximate surface area is 202 Å². The van der Waals surface area contributed by atoms with E-state index in [4.69, 9.17) is 9.47 Å². The third-order valence-corrected chi connectivity index (χ3v) is 6.23. The Morgan fingerprint density at radius 3 is 2.71 bits per heavy atom. The van der Waals surface area contributed by atoms with Crippen LogP contribution in [0.25, 0.3) is 12.2 Å². The summed E-state index contributed by atoms with van der Waals surface area (Å²) in [7, 11) is 1.62. The van der Waals surface area contributed by atoms with E-state index < -0.39 is 18.1 Å². The second-order valence-electron chi connectivity index (χ2n) is 7.85. The van der Waals surface area contributed by atoms with Crippen molar-refractivity contribution >= 4 is 35.6 Å². The highest BCUT2D eigenvalue weighted by Crippen LogP contribution is 2.30. The zero-order valence-electron chi connectivity index (χ0n) is 18.9. The Kier molecular flexibility index (Phi) is 7.93. The van der Waals surface area contributed by atoms with Crippen molar-refractivity contribution in [1.82, 2.24) is 10.3 Å². The maximum absolute atomic E-state index is 11.5. The highest BCUT2D eigenvalue weighted by atomic mass is 32.1. The molecule has 0 radical (unpaired) electrons. The molecule has 3 aromatic rings. The van der Waals surface area contributed by atoms with Crippen molar-refractivity contribution in [1.29, 1.82) is 0 Å². The number of hydrogen-bond donors (Lipinski definition) is 1. The fraction of sp³-hybridized carbons (Fsp3) is 0.269. The number of thiazole rings is 1. The van der Waals surface area contributed by atoms with E-state index in [0.29, 0.717) is 24.5 Å². The number of ether oxygens (including phenoxy) is 3. The van der Waals surface area contributed by atoms with E-state index in [9.17, 15) is 9.59 Å². The molecular weight excluding hydrogens is 452 g/mol. The standard InChI is InChI=1S/C26H26N2O5S/c1-31-23-15-19(9-5-6-10-21-25(29)33-26(30)28-21)11-13-22(23)32-16-20-17-34-24(27-20)14-12-18-7-3-2-4-8-18/h2-4,7-8,11-15,17,21H,5-6,9-10,16H2,1H3,(H,28,30). The van der Waals surface area contributed by atoms with Crippen molar-refractivity contribution < 1.29 is 23.8 Å². The number of cyclic esters (lactones) is 2. The number of aromatic nitrogens is 1. The van der Waals surface area contributed by atoms with Crippen molar-refractivity contribution in [2.75, 3.05) is 7.11 Å². The number of rotatable bonds is 11. The number of benzene rings is 2. The van der Waals surface area contributed by atoms with Gasteiger partial charge in [-0.05, 0) is 48.6 Å². The number of unbranched alkanes of at least 4 members (excludes halogenated alkanes) is 1. The predicted octanol–water partition coefficient (Wildman–Crippen LogP) is 5.25. The van der Waals surface area contributed by atoms with Gasteiger partial charge in [0.2, 0.25) is 0 Å². The van der Waals surface area contributed by atoms with Gasteiger partial charge < -0.3 is 19.5 Å². The Hall–Kier alpha value is -3.65. The minimum Gasteiger partial charge on any atom is -0.493 e. The first-order valence-electron chi connectivity index (χ1n) is 11.1. The van der Waals surface area contributed by atoms with Gasteiger partial charge in [0.15, 0.2) is 11.5 Å². The number of aryl methyl sites for hydroxylation is 1. The lowest BCUT2D eigenvalue weighted by molar-refractivity contribution is -0.135. The molecule has 1 saturated heterocycles. The van der Waals surface area contributed by atoms with Crippen LogP contribution in [-0.2, 0) is 22.6 Å². The SMILES string of the molecule is COc1cc(CCCCC2NC(=O)OC2=O)ccc1OCc1csc(C=Cc2ccccc2)n1. The minimum absolute atomic E-state index is 0.356. The first kappa shape index (κ1) is 23.5. The molecule has 1 atom stereocenters. The van der Waals surface area contributed by atoms with Gasteiger partial charge in [0, 0.05) is 5.38 Å². The van der Waals surface area contributed by atoms with Gasteiger partial charge in [-0.15, -0.1) is 11.3 Å². The van der Waals surface area contributed by atoms with Crippen LogP contribution in [0, 0.1) is 0 Å². The maximum Gasteiger partial charge on any atom is 0.415 e. The number of carbonyl (C=O) groups is 2. The lowest BCUT2D eigenvalue weighted by Gasteiger charge is -2.12. The van der Waals surface area contributed by atoms with Gasteiger partial charge in [0.25, 0.3) is 0 Å². The van der Waals surface area contributed by atoms with Gasteiger partial charge >= 0.3 is 12.1 Å². The van der Waals surface area contributed by atoms with Gasteiger partial charge in [-0.2, -0.15) is 0 Å². The molecule has 0 bridgehead atoms. The van der Waals surface area contributed by atoms with Crippen LogP contribution < -0.4 is 14.8 Å². The van der Waals surface area contributed by atoms with Crippen molar-refractivity contribution in [2.24, 2.45) is 0 Å². The summed E-state index contributed by atoms with van der Waals surface area (Å²) >= 11 is 1.58. The Morgan fingerprint density at radius 2 is 1.94 bits per heavy atom. The van der Waals surface area contributed by atoms with E-state index in [0.717, 1.165) is 41.1 Å². The van der Waals surface area contributed by atoms with Crippen LogP contribution in [0.2, 0.25) is 0 Å². The van der Waals surface area contributed by atoms with Gasteiger partial charge in [0.05, 0.1) is 12.8 Å². The van der Waals surface area contributed by atoms with Crippen LogP contribution in [0.5, 0.6) is 11.5 Å². The number of carbonyl (C=O) groups excluding carboxylic acids is 2. The van der Waals surface area contributed by atoms with E-state index in [1.165, 1.54) is 0 Å². The van der Waals surface area contributed by atoms with E-state index in [1.807, 2.05) is 53.9 Å². The maximum atomic E-state index is 11.5. The molecule has 4 rings (SSSR count). The smallest absolute Gasteiger partial charge is 0.415 e. The first-order chi connectivity index (χ1) is 16.6. The molecule has 1 unspecified atom stereocenters. The fourth-order valence-corrected chi connectivity index (χ4v) is 4.29. The van der Waals surface area contributed by atoms with Crippen LogP contribution >= 0.6 is 11.3 Å². The number of amides is 1. The lowest BCUT2D eigenvalue weighted by atomic mass is 10.0. The molecule has 1 amide bonds. The van der Waals surface area contributed by atoms with E-state index in [1.54, 1.807) is 18.4 Å². The molecule has 0 spiro atoms. The number of nitrogens with one attached hydrogen (secondary N) is 1. The Balaban J connectivity index is 1.26. The Bertz CT molecular complexity index is 1160. The average Bonchev–Trinajstić information content (AvgIpc) is 3.45. The van der Waals surface area contributed by atoms with E-state index in [-0.39, 0.29) is 0 Å². The summed E-state index contributed by atoms with van der Waals surface area (Å²) < 4.78 is 16.0. The normalized spacial score (nSPS) is 15.4.